The number of benzene rings is 1. The lowest BCUT2D eigenvalue weighted by Crippen LogP contribution is -2.18. The van der Waals surface area contributed by atoms with Crippen LogP contribution in [0.1, 0.15) is 146 Å². The molecule has 176 valence electrons. The van der Waals surface area contributed by atoms with Gasteiger partial charge < -0.3 is 4.74 Å². The van der Waals surface area contributed by atoms with E-state index in [9.17, 15) is 0 Å². The molecule has 0 spiro atoms. The summed E-state index contributed by atoms with van der Waals surface area (Å²) in [6.45, 7) is 7.70. The lowest BCUT2D eigenvalue weighted by Gasteiger charge is -2.34. The molecule has 0 amide bonds. The summed E-state index contributed by atoms with van der Waals surface area (Å²) in [6.07, 6.45) is 22.4. The molecule has 2 aliphatic carbocycles. The molecule has 1 heteroatoms. The second-order valence-corrected chi connectivity index (χ2v) is 10.7. The summed E-state index contributed by atoms with van der Waals surface area (Å²) in [5.74, 6) is 4.64. The first kappa shape index (κ1) is 24.7. The van der Waals surface area contributed by atoms with Crippen molar-refractivity contribution in [1.29, 1.82) is 0 Å². The second-order valence-electron chi connectivity index (χ2n) is 10.7. The predicted molar refractivity (Wildman–Crippen MR) is 135 cm³/mol. The molecule has 0 radical (unpaired) electrons. The Labute approximate surface area is 193 Å². The molecule has 0 heterocycles. The summed E-state index contributed by atoms with van der Waals surface area (Å²) >= 11 is 0. The topological polar surface area (TPSA) is 9.23 Å². The molecule has 3 rings (SSSR count). The fraction of sp³-hybridized carbons (Fsp3) is 0.800. The van der Waals surface area contributed by atoms with Crippen LogP contribution in [0.15, 0.2) is 18.2 Å². The average Bonchev–Trinajstić information content (AvgIpc) is 2.81. The van der Waals surface area contributed by atoms with E-state index in [1.165, 1.54) is 96.3 Å². The van der Waals surface area contributed by atoms with Crippen molar-refractivity contribution in [3.05, 3.63) is 29.3 Å². The molecule has 2 fully saturated rings. The molecule has 0 bridgehead atoms. The average molecular weight is 427 g/mol. The van der Waals surface area contributed by atoms with Gasteiger partial charge in [0.05, 0.1) is 6.61 Å². The summed E-state index contributed by atoms with van der Waals surface area (Å²) < 4.78 is 6.08. The molecule has 0 saturated heterocycles. The fourth-order valence-corrected chi connectivity index (χ4v) is 6.38. The van der Waals surface area contributed by atoms with Crippen LogP contribution in [0.3, 0.4) is 0 Å². The zero-order valence-electron chi connectivity index (χ0n) is 21.0. The Hall–Kier alpha value is -0.980. The van der Waals surface area contributed by atoms with E-state index in [0.29, 0.717) is 0 Å². The van der Waals surface area contributed by atoms with Crippen molar-refractivity contribution in [2.75, 3.05) is 6.61 Å². The van der Waals surface area contributed by atoms with Crippen molar-refractivity contribution < 1.29 is 4.74 Å². The number of ether oxygens (including phenoxy) is 1. The molecule has 0 atom stereocenters. The van der Waals surface area contributed by atoms with Gasteiger partial charge in [0.2, 0.25) is 0 Å². The molecule has 0 aromatic heterocycles. The Kier molecular flexibility index (Phi) is 10.8. The quantitative estimate of drug-likeness (QED) is 0.302. The SMILES string of the molecule is CCCCCCC1CCC(c2cc(OCCC)ccc2C2CCC(CCC)CC2)CC1. The van der Waals surface area contributed by atoms with Gasteiger partial charge in [-0.25, -0.2) is 0 Å². The Balaban J connectivity index is 1.64. The molecular formula is C30H50O. The van der Waals surface area contributed by atoms with E-state index in [-0.39, 0.29) is 0 Å². The van der Waals surface area contributed by atoms with Crippen LogP contribution in [-0.4, -0.2) is 6.61 Å². The Bertz CT molecular complexity index is 605. The third-order valence-electron chi connectivity index (χ3n) is 8.27. The van der Waals surface area contributed by atoms with Crippen LogP contribution in [0.2, 0.25) is 0 Å². The number of hydrogen-bond donors (Lipinski definition) is 0. The van der Waals surface area contributed by atoms with E-state index in [4.69, 9.17) is 4.74 Å². The minimum absolute atomic E-state index is 0.764. The van der Waals surface area contributed by atoms with Gasteiger partial charge in [0.15, 0.2) is 0 Å². The first-order valence-electron chi connectivity index (χ1n) is 14.0. The van der Waals surface area contributed by atoms with Gasteiger partial charge in [-0.3, -0.25) is 0 Å². The molecule has 1 aromatic rings. The molecule has 2 aliphatic rings. The molecule has 0 N–H and O–H groups in total. The largest absolute Gasteiger partial charge is 0.494 e. The normalized spacial score (nSPS) is 26.7. The number of hydrogen-bond acceptors (Lipinski definition) is 1. The summed E-state index contributed by atoms with van der Waals surface area (Å²) in [4.78, 5) is 0. The van der Waals surface area contributed by atoms with Crippen molar-refractivity contribution in [2.24, 2.45) is 11.8 Å². The highest BCUT2D eigenvalue weighted by Gasteiger charge is 2.28. The van der Waals surface area contributed by atoms with E-state index >= 15 is 0 Å². The maximum Gasteiger partial charge on any atom is 0.119 e. The lowest BCUT2D eigenvalue weighted by atomic mass is 9.71. The maximum absolute atomic E-state index is 6.08. The van der Waals surface area contributed by atoms with Gasteiger partial charge in [0.1, 0.15) is 5.75 Å². The van der Waals surface area contributed by atoms with E-state index in [1.807, 2.05) is 0 Å². The summed E-state index contributed by atoms with van der Waals surface area (Å²) in [5, 5.41) is 0. The lowest BCUT2D eigenvalue weighted by molar-refractivity contribution is 0.290. The molecular weight excluding hydrogens is 376 g/mol. The monoisotopic (exact) mass is 426 g/mol. The molecule has 1 nitrogen and oxygen atoms in total. The summed E-state index contributed by atoms with van der Waals surface area (Å²) in [7, 11) is 0. The third-order valence-corrected chi connectivity index (χ3v) is 8.27. The Morgan fingerprint density at radius 2 is 1.29 bits per heavy atom. The van der Waals surface area contributed by atoms with Crippen molar-refractivity contribution >= 4 is 0 Å². The molecule has 0 unspecified atom stereocenters. The molecule has 0 aliphatic heterocycles. The third kappa shape index (κ3) is 7.54. The van der Waals surface area contributed by atoms with Crippen molar-refractivity contribution in [3.8, 4) is 5.75 Å². The summed E-state index contributed by atoms with van der Waals surface area (Å²) in [5.41, 5.74) is 3.35. The Morgan fingerprint density at radius 1 is 0.645 bits per heavy atom. The number of unbranched alkanes of at least 4 members (excludes halogenated alkanes) is 3. The highest BCUT2D eigenvalue weighted by Crippen LogP contribution is 2.45. The van der Waals surface area contributed by atoms with Crippen LogP contribution in [0.5, 0.6) is 5.75 Å². The molecule has 2 saturated carbocycles. The Morgan fingerprint density at radius 3 is 1.90 bits per heavy atom. The van der Waals surface area contributed by atoms with Gasteiger partial charge >= 0.3 is 0 Å². The van der Waals surface area contributed by atoms with Crippen LogP contribution < -0.4 is 4.74 Å². The van der Waals surface area contributed by atoms with Crippen LogP contribution in [-0.2, 0) is 0 Å². The van der Waals surface area contributed by atoms with Crippen molar-refractivity contribution in [2.45, 2.75) is 135 Å². The maximum atomic E-state index is 6.08. The van der Waals surface area contributed by atoms with Gasteiger partial charge in [0, 0.05) is 0 Å². The first-order valence-corrected chi connectivity index (χ1v) is 14.0. The van der Waals surface area contributed by atoms with Gasteiger partial charge in [-0.2, -0.15) is 0 Å². The van der Waals surface area contributed by atoms with Crippen molar-refractivity contribution in [1.82, 2.24) is 0 Å². The van der Waals surface area contributed by atoms with E-state index in [1.54, 1.807) is 11.1 Å². The van der Waals surface area contributed by atoms with Crippen molar-refractivity contribution in [3.63, 3.8) is 0 Å². The molecule has 1 aromatic carbocycles. The molecule has 31 heavy (non-hydrogen) atoms. The fourth-order valence-electron chi connectivity index (χ4n) is 6.38. The van der Waals surface area contributed by atoms with Crippen LogP contribution in [0, 0.1) is 11.8 Å². The number of rotatable bonds is 12. The minimum atomic E-state index is 0.764. The van der Waals surface area contributed by atoms with Crippen LogP contribution >= 0.6 is 0 Å². The standard InChI is InChI=1S/C30H50O/c1-4-7-8-9-11-25-14-18-27(19-15-25)30-23-28(31-22-6-3)20-21-29(30)26-16-12-24(10-5-2)13-17-26/h20-21,23-27H,4-19,22H2,1-3H3. The van der Waals surface area contributed by atoms with Gasteiger partial charge in [0.25, 0.3) is 0 Å². The van der Waals surface area contributed by atoms with Crippen LogP contribution in [0.25, 0.3) is 0 Å². The van der Waals surface area contributed by atoms with Gasteiger partial charge in [-0.1, -0.05) is 71.8 Å². The zero-order valence-corrected chi connectivity index (χ0v) is 21.0. The summed E-state index contributed by atoms with van der Waals surface area (Å²) in [6, 6.07) is 7.18. The van der Waals surface area contributed by atoms with Crippen LogP contribution in [0.4, 0.5) is 0 Å². The predicted octanol–water partition coefficient (Wildman–Crippen LogP) is 9.79. The highest BCUT2D eigenvalue weighted by molar-refractivity contribution is 5.40. The second kappa shape index (κ2) is 13.5. The highest BCUT2D eigenvalue weighted by atomic mass is 16.5. The minimum Gasteiger partial charge on any atom is -0.494 e. The zero-order chi connectivity index (χ0) is 21.9. The van der Waals surface area contributed by atoms with E-state index in [2.05, 4.69) is 39.0 Å². The van der Waals surface area contributed by atoms with E-state index < -0.39 is 0 Å². The van der Waals surface area contributed by atoms with Gasteiger partial charge in [-0.15, -0.1) is 0 Å². The smallest absolute Gasteiger partial charge is 0.119 e. The van der Waals surface area contributed by atoms with E-state index in [0.717, 1.165) is 42.4 Å². The van der Waals surface area contributed by atoms with Gasteiger partial charge in [-0.05, 0) is 105 Å². The first-order chi connectivity index (χ1) is 15.2.